The summed E-state index contributed by atoms with van der Waals surface area (Å²) in [7, 11) is 6.00. The van der Waals surface area contributed by atoms with Gasteiger partial charge in [-0.05, 0) is 252 Å². The second kappa shape index (κ2) is 25.6. The molecule has 2 fully saturated rings. The summed E-state index contributed by atoms with van der Waals surface area (Å²) in [5, 5.41) is 108. The lowest BCUT2D eigenvalue weighted by Crippen LogP contribution is -2.39. The van der Waals surface area contributed by atoms with Crippen LogP contribution in [0.5, 0.6) is 69.0 Å². The molecule has 8 aromatic rings. The molecule has 18 nitrogen and oxygen atoms in total. The minimum Gasteiger partial charge on any atom is -0.508 e. The number of phenols is 8. The molecule has 0 aromatic heterocycles. The summed E-state index contributed by atoms with van der Waals surface area (Å²) in [5.41, 5.74) is 11.8. The van der Waals surface area contributed by atoms with Gasteiger partial charge in [0.15, 0.2) is 46.0 Å². The number of hydrogen-bond donors (Lipinski definition) is 10. The highest BCUT2D eigenvalue weighted by atomic mass is 16.5. The van der Waals surface area contributed by atoms with Crippen LogP contribution in [0, 0.1) is 38.5 Å². The zero-order valence-electron chi connectivity index (χ0n) is 54.6. The van der Waals surface area contributed by atoms with Crippen molar-refractivity contribution in [3.05, 3.63) is 235 Å². The molecule has 0 bridgehead atoms. The number of benzene rings is 8. The highest BCUT2D eigenvalue weighted by molar-refractivity contribution is 5.54. The second-order valence-electron chi connectivity index (χ2n) is 26.4. The van der Waals surface area contributed by atoms with E-state index in [-0.39, 0.29) is 58.2 Å². The third kappa shape index (κ3) is 11.3. The average molecular weight is 1310 g/mol. The van der Waals surface area contributed by atoms with Crippen molar-refractivity contribution in [1.29, 1.82) is 0 Å². The number of ether oxygens (including phenoxy) is 8. The van der Waals surface area contributed by atoms with Crippen LogP contribution in [-0.2, 0) is 18.9 Å². The van der Waals surface area contributed by atoms with E-state index in [1.807, 2.05) is 88.4 Å². The Morgan fingerprint density at radius 1 is 0.312 bits per heavy atom. The number of aliphatic hydroxyl groups excluding tert-OH is 2. The van der Waals surface area contributed by atoms with Crippen molar-refractivity contribution in [2.45, 2.75) is 127 Å². The molecule has 18 heteroatoms. The third-order valence-corrected chi connectivity index (χ3v) is 20.9. The lowest BCUT2D eigenvalue weighted by atomic mass is 9.62. The van der Waals surface area contributed by atoms with Crippen LogP contribution in [0.1, 0.15) is 154 Å². The maximum absolute atomic E-state index is 12.4. The Hall–Kier alpha value is -9.40. The Bertz CT molecular complexity index is 4110. The van der Waals surface area contributed by atoms with Crippen LogP contribution >= 0.6 is 0 Å². The van der Waals surface area contributed by atoms with E-state index in [1.165, 1.54) is 28.4 Å². The van der Waals surface area contributed by atoms with Crippen molar-refractivity contribution in [2.24, 2.45) is 10.8 Å². The average Bonchev–Trinajstić information content (AvgIpc) is 1.53. The van der Waals surface area contributed by atoms with Crippen LogP contribution in [0.25, 0.3) is 0 Å². The van der Waals surface area contributed by atoms with E-state index in [0.29, 0.717) is 83.8 Å². The van der Waals surface area contributed by atoms with E-state index >= 15 is 0 Å². The van der Waals surface area contributed by atoms with Gasteiger partial charge in [-0.2, -0.15) is 0 Å². The molecule has 12 atom stereocenters. The van der Waals surface area contributed by atoms with Crippen molar-refractivity contribution in [2.75, 3.05) is 28.4 Å². The largest absolute Gasteiger partial charge is 0.508 e. The fourth-order valence-corrected chi connectivity index (χ4v) is 15.8. The molecule has 2 spiro atoms. The van der Waals surface area contributed by atoms with Crippen LogP contribution in [0.15, 0.2) is 168 Å². The molecule has 0 radical (unpaired) electrons. The predicted molar refractivity (Wildman–Crippen MR) is 355 cm³/mol. The first-order chi connectivity index (χ1) is 46.1. The lowest BCUT2D eigenvalue weighted by molar-refractivity contribution is 0.00306. The minimum atomic E-state index is -0.949. The molecular weight excluding hydrogens is 1220 g/mol. The topological polar surface area (TPSA) is 276 Å². The Morgan fingerprint density at radius 2 is 0.604 bits per heavy atom. The summed E-state index contributed by atoms with van der Waals surface area (Å²) in [6, 6.07) is 42.2. The van der Waals surface area contributed by atoms with Crippen LogP contribution in [0.4, 0.5) is 0 Å². The molecule has 2 aliphatic carbocycles. The molecule has 96 heavy (non-hydrogen) atoms. The van der Waals surface area contributed by atoms with E-state index in [1.54, 1.807) is 84.9 Å². The van der Waals surface area contributed by atoms with Crippen molar-refractivity contribution >= 4 is 0 Å². The maximum Gasteiger partial charge on any atom is 0.160 e. The van der Waals surface area contributed by atoms with Crippen LogP contribution in [0.2, 0.25) is 0 Å². The van der Waals surface area contributed by atoms with Gasteiger partial charge in [-0.25, -0.2) is 0 Å². The predicted octanol–water partition coefficient (Wildman–Crippen LogP) is 14.6. The van der Waals surface area contributed by atoms with Gasteiger partial charge in [0, 0.05) is 10.8 Å². The minimum absolute atomic E-state index is 0.0188. The molecule has 8 aromatic carbocycles. The first-order valence-corrected chi connectivity index (χ1v) is 32.2. The molecule has 500 valence electrons. The zero-order chi connectivity index (χ0) is 67.8. The molecule has 0 amide bonds. The van der Waals surface area contributed by atoms with Crippen molar-refractivity contribution in [1.82, 2.24) is 0 Å². The highest BCUT2D eigenvalue weighted by Crippen LogP contribution is 2.68. The van der Waals surface area contributed by atoms with Gasteiger partial charge in [-0.1, -0.05) is 48.5 Å². The number of aliphatic hydroxyl groups is 2. The van der Waals surface area contributed by atoms with Crippen LogP contribution in [0.3, 0.4) is 0 Å². The smallest absolute Gasteiger partial charge is 0.160 e. The van der Waals surface area contributed by atoms with Gasteiger partial charge in [0.1, 0.15) is 59.6 Å². The first kappa shape index (κ1) is 65.3. The van der Waals surface area contributed by atoms with Gasteiger partial charge in [-0.3, -0.25) is 0 Å². The van der Waals surface area contributed by atoms with Gasteiger partial charge in [-0.15, -0.1) is 0 Å². The molecule has 4 heterocycles. The van der Waals surface area contributed by atoms with Crippen LogP contribution < -0.4 is 18.9 Å². The monoisotopic (exact) mass is 1300 g/mol. The summed E-state index contributed by atoms with van der Waals surface area (Å²) in [4.78, 5) is 0. The number of rotatable bonds is 12. The number of aromatic hydroxyl groups is 8. The molecule has 2 saturated heterocycles. The number of phenolic OH excluding ortho intramolecular Hbond substituents is 8. The lowest BCUT2D eigenvalue weighted by Gasteiger charge is -2.41. The molecule has 4 aliphatic heterocycles. The standard InChI is InChI=1S/2C39H40O9/c2*1-20-15-22(5-9-28(20)40)34-26-13-14-39(19-27(26)35(47-34)24-7-11-30(42)33(18-24)46-4)37(44)36(23-6-10-29(41)21(2)16-23)48-38(39)25-8-12-32(45-3)31(43)17-25/h2*5-12,15-18,34-38,40-44H,13-14,19H2,1-4H3/t34-,35+,36+,37+,38-,39+;34-,35+,36+,37+,38-,39-/m00/s1. The zero-order valence-corrected chi connectivity index (χ0v) is 54.6. The second-order valence-corrected chi connectivity index (χ2v) is 26.4. The summed E-state index contributed by atoms with van der Waals surface area (Å²) in [6.45, 7) is 7.33. The summed E-state index contributed by atoms with van der Waals surface area (Å²) in [6.07, 6.45) is -3.13. The van der Waals surface area contributed by atoms with Gasteiger partial charge >= 0.3 is 0 Å². The Morgan fingerprint density at radius 3 is 0.927 bits per heavy atom. The molecule has 0 unspecified atom stereocenters. The molecule has 6 aliphatic rings. The summed E-state index contributed by atoms with van der Waals surface area (Å²) in [5.74, 6) is 2.06. The number of hydrogen-bond acceptors (Lipinski definition) is 18. The first-order valence-electron chi connectivity index (χ1n) is 32.2. The fourth-order valence-electron chi connectivity index (χ4n) is 15.8. The van der Waals surface area contributed by atoms with Gasteiger partial charge < -0.3 is 89.0 Å². The van der Waals surface area contributed by atoms with Gasteiger partial charge in [0.05, 0.1) is 52.9 Å². The quantitative estimate of drug-likeness (QED) is 0.0509. The highest BCUT2D eigenvalue weighted by Gasteiger charge is 2.62. The van der Waals surface area contributed by atoms with E-state index in [9.17, 15) is 51.1 Å². The summed E-state index contributed by atoms with van der Waals surface area (Å²) >= 11 is 0. The van der Waals surface area contributed by atoms with E-state index in [4.69, 9.17) is 37.9 Å². The van der Waals surface area contributed by atoms with Gasteiger partial charge in [0.2, 0.25) is 0 Å². The number of methoxy groups -OCH3 is 4. The Balaban J connectivity index is 0.000000174. The van der Waals surface area contributed by atoms with Crippen molar-refractivity contribution in [3.63, 3.8) is 0 Å². The van der Waals surface area contributed by atoms with Crippen molar-refractivity contribution in [3.8, 4) is 69.0 Å². The van der Waals surface area contributed by atoms with Gasteiger partial charge in [0.25, 0.3) is 0 Å². The van der Waals surface area contributed by atoms with E-state index < -0.39 is 59.7 Å². The van der Waals surface area contributed by atoms with E-state index in [0.717, 1.165) is 66.8 Å². The third-order valence-electron chi connectivity index (χ3n) is 20.9. The van der Waals surface area contributed by atoms with Crippen molar-refractivity contribution < 1.29 is 89.0 Å². The maximum atomic E-state index is 12.4. The summed E-state index contributed by atoms with van der Waals surface area (Å²) < 4.78 is 49.0. The number of aryl methyl sites for hydroxylation is 4. The fraction of sp³-hybridized carbons (Fsp3) is 0.333. The molecule has 0 saturated carbocycles. The normalized spacial score (nSPS) is 26.6. The molecule has 10 N–H and O–H groups in total. The molecular formula is C78H80O18. The SMILES string of the molecule is COc1ccc([C@@H]2O[C@H](c3ccc(O)c(C)c3)[C@@H](O)[C@@]23CCC2=C(C3)[C@@H](c3ccc(O)c(OC)c3)O[C@H]2c2ccc(O)c(C)c2)cc1O.COc1ccc([C@@H]2O[C@H](c3ccc(O)c(C)c3)[C@@H](O)[C@]23CCC2=C(C3)[C@@H](c3ccc(O)c(OC)c3)O[C@H]2c2ccc(O)c(C)c2)cc1O. The Labute approximate surface area is 556 Å². The van der Waals surface area contributed by atoms with E-state index in [2.05, 4.69) is 0 Å². The van der Waals surface area contributed by atoms with Crippen LogP contribution in [-0.4, -0.2) is 91.7 Å². The Kier molecular flexibility index (Phi) is 17.4. The molecule has 14 rings (SSSR count).